The molecule has 1 aliphatic heterocycles. The van der Waals surface area contributed by atoms with Crippen LogP contribution in [0.2, 0.25) is 0 Å². The average Bonchev–Trinajstić information content (AvgIpc) is 2.13. The van der Waals surface area contributed by atoms with Gasteiger partial charge in [-0.1, -0.05) is 0 Å². The zero-order valence-electron chi connectivity index (χ0n) is 10.2. The van der Waals surface area contributed by atoms with Gasteiger partial charge in [0, 0.05) is 24.5 Å². The van der Waals surface area contributed by atoms with E-state index >= 15 is 0 Å². The molecule has 0 amide bonds. The first-order chi connectivity index (χ1) is 6.95. The molecule has 0 unspecified atom stereocenters. The fourth-order valence-electron chi connectivity index (χ4n) is 2.91. The van der Waals surface area contributed by atoms with Gasteiger partial charge in [-0.15, -0.1) is 0 Å². The summed E-state index contributed by atoms with van der Waals surface area (Å²) in [5.41, 5.74) is 0.915. The van der Waals surface area contributed by atoms with Gasteiger partial charge in [0.2, 0.25) is 0 Å². The monoisotopic (exact) mass is 206 g/mol. The summed E-state index contributed by atoms with van der Waals surface area (Å²) in [6.45, 7) is 9.39. The van der Waals surface area contributed by atoms with Crippen molar-refractivity contribution in [2.24, 2.45) is 11.3 Å². The number of rotatable bonds is 0. The molecule has 0 aromatic carbocycles. The Morgan fingerprint density at radius 1 is 1.20 bits per heavy atom. The highest BCUT2D eigenvalue weighted by Gasteiger charge is 2.47. The summed E-state index contributed by atoms with van der Waals surface area (Å²) >= 11 is 0. The third-order valence-corrected chi connectivity index (χ3v) is 4.23. The van der Waals surface area contributed by atoms with Crippen molar-refractivity contribution in [1.82, 2.24) is 4.90 Å². The predicted octanol–water partition coefficient (Wildman–Crippen LogP) is 2.80. The second-order valence-electron chi connectivity index (χ2n) is 6.43. The van der Waals surface area contributed by atoms with Gasteiger partial charge in [-0.2, -0.15) is 5.26 Å². The molecule has 2 rings (SSSR count). The largest absolute Gasteiger partial charge is 0.297 e. The van der Waals surface area contributed by atoms with E-state index in [9.17, 15) is 0 Å². The van der Waals surface area contributed by atoms with E-state index in [2.05, 4.69) is 31.7 Å². The molecule has 0 radical (unpaired) electrons. The van der Waals surface area contributed by atoms with Crippen LogP contribution in [-0.4, -0.2) is 23.5 Å². The van der Waals surface area contributed by atoms with Gasteiger partial charge in [-0.05, 0) is 51.9 Å². The summed E-state index contributed by atoms with van der Waals surface area (Å²) in [6, 6.07) is 2.42. The van der Waals surface area contributed by atoms with Crippen LogP contribution in [0.3, 0.4) is 0 Å². The van der Waals surface area contributed by atoms with Crippen molar-refractivity contribution in [2.75, 3.05) is 13.1 Å². The van der Waals surface area contributed by atoms with Crippen molar-refractivity contribution in [3.05, 3.63) is 0 Å². The third kappa shape index (κ3) is 2.03. The van der Waals surface area contributed by atoms with Gasteiger partial charge in [-0.25, -0.2) is 0 Å². The smallest absolute Gasteiger partial charge is 0.0655 e. The van der Waals surface area contributed by atoms with Crippen LogP contribution in [-0.2, 0) is 0 Å². The Morgan fingerprint density at radius 3 is 2.13 bits per heavy atom. The maximum atomic E-state index is 8.87. The molecule has 1 heterocycles. The fraction of sp³-hybridized carbons (Fsp3) is 0.923. The highest BCUT2D eigenvalue weighted by atomic mass is 15.3. The van der Waals surface area contributed by atoms with Crippen molar-refractivity contribution in [2.45, 2.75) is 52.0 Å². The Kier molecular flexibility index (Phi) is 2.55. The number of likely N-dealkylation sites (tertiary alicyclic amines) is 1. The second kappa shape index (κ2) is 3.49. The molecule has 15 heavy (non-hydrogen) atoms. The molecule has 1 spiro atoms. The summed E-state index contributed by atoms with van der Waals surface area (Å²) in [7, 11) is 0. The minimum atomic E-state index is 0.331. The molecule has 2 nitrogen and oxygen atoms in total. The molecule has 0 atom stereocenters. The van der Waals surface area contributed by atoms with Gasteiger partial charge < -0.3 is 0 Å². The third-order valence-electron chi connectivity index (χ3n) is 4.23. The summed E-state index contributed by atoms with van der Waals surface area (Å²) < 4.78 is 0. The standard InChI is InChI=1S/C13H22N2/c1-12(2,3)15-9-13(10-15)6-4-11(8-14)5-7-13/h11H,4-7,9-10H2,1-3H3. The number of hydrogen-bond donors (Lipinski definition) is 0. The van der Waals surface area contributed by atoms with E-state index in [1.807, 2.05) is 0 Å². The summed E-state index contributed by atoms with van der Waals surface area (Å²) in [5.74, 6) is 0.347. The van der Waals surface area contributed by atoms with Gasteiger partial charge in [0.25, 0.3) is 0 Å². The summed E-state index contributed by atoms with van der Waals surface area (Å²) in [5, 5.41) is 8.87. The first-order valence-corrected chi connectivity index (χ1v) is 6.10. The minimum Gasteiger partial charge on any atom is -0.297 e. The highest BCUT2D eigenvalue weighted by molar-refractivity contribution is 5.03. The van der Waals surface area contributed by atoms with Crippen LogP contribution in [0, 0.1) is 22.7 Å². The summed E-state index contributed by atoms with van der Waals surface area (Å²) in [6.07, 6.45) is 4.82. The van der Waals surface area contributed by atoms with Crippen molar-refractivity contribution < 1.29 is 0 Å². The Balaban J connectivity index is 1.86. The molecule has 1 saturated carbocycles. The molecule has 1 aliphatic carbocycles. The van der Waals surface area contributed by atoms with Crippen LogP contribution in [0.4, 0.5) is 0 Å². The Morgan fingerprint density at radius 2 is 1.73 bits per heavy atom. The van der Waals surface area contributed by atoms with Crippen LogP contribution < -0.4 is 0 Å². The van der Waals surface area contributed by atoms with Gasteiger partial charge in [-0.3, -0.25) is 4.90 Å². The van der Waals surface area contributed by atoms with Crippen LogP contribution in [0.25, 0.3) is 0 Å². The first kappa shape index (κ1) is 11.0. The first-order valence-electron chi connectivity index (χ1n) is 6.10. The molecule has 2 fully saturated rings. The van der Waals surface area contributed by atoms with Crippen molar-refractivity contribution >= 4 is 0 Å². The molecular formula is C13H22N2. The Bertz CT molecular complexity index is 266. The van der Waals surface area contributed by atoms with E-state index in [0.717, 1.165) is 12.8 Å². The molecule has 2 aliphatic rings. The Hall–Kier alpha value is -0.550. The van der Waals surface area contributed by atoms with E-state index in [1.165, 1.54) is 25.9 Å². The number of nitriles is 1. The number of nitrogens with zero attached hydrogens (tertiary/aromatic N) is 2. The van der Waals surface area contributed by atoms with Crippen molar-refractivity contribution in [3.8, 4) is 6.07 Å². The molecular weight excluding hydrogens is 184 g/mol. The average molecular weight is 206 g/mol. The van der Waals surface area contributed by atoms with Gasteiger partial charge in [0.1, 0.15) is 0 Å². The van der Waals surface area contributed by atoms with Crippen molar-refractivity contribution in [3.63, 3.8) is 0 Å². The molecule has 1 saturated heterocycles. The van der Waals surface area contributed by atoms with E-state index in [4.69, 9.17) is 5.26 Å². The fourth-order valence-corrected chi connectivity index (χ4v) is 2.91. The van der Waals surface area contributed by atoms with Crippen LogP contribution in [0.1, 0.15) is 46.5 Å². The molecule has 84 valence electrons. The maximum absolute atomic E-state index is 8.87. The normalized spacial score (nSPS) is 27.3. The van der Waals surface area contributed by atoms with Crippen LogP contribution in [0.5, 0.6) is 0 Å². The van der Waals surface area contributed by atoms with Crippen LogP contribution in [0.15, 0.2) is 0 Å². The molecule has 0 bridgehead atoms. The molecule has 0 N–H and O–H groups in total. The summed E-state index contributed by atoms with van der Waals surface area (Å²) in [4.78, 5) is 2.57. The lowest BCUT2D eigenvalue weighted by atomic mass is 9.65. The van der Waals surface area contributed by atoms with E-state index in [-0.39, 0.29) is 0 Å². The van der Waals surface area contributed by atoms with E-state index in [0.29, 0.717) is 16.9 Å². The maximum Gasteiger partial charge on any atom is 0.0655 e. The van der Waals surface area contributed by atoms with Gasteiger partial charge in [0.05, 0.1) is 6.07 Å². The van der Waals surface area contributed by atoms with Crippen LogP contribution >= 0.6 is 0 Å². The molecule has 0 aromatic rings. The minimum absolute atomic E-state index is 0.331. The Labute approximate surface area is 93.3 Å². The topological polar surface area (TPSA) is 27.0 Å². The van der Waals surface area contributed by atoms with Crippen molar-refractivity contribution in [1.29, 1.82) is 5.26 Å². The van der Waals surface area contributed by atoms with E-state index in [1.54, 1.807) is 0 Å². The second-order valence-corrected chi connectivity index (χ2v) is 6.43. The molecule has 0 aromatic heterocycles. The molecule has 2 heteroatoms. The van der Waals surface area contributed by atoms with E-state index < -0.39 is 0 Å². The predicted molar refractivity (Wildman–Crippen MR) is 61.3 cm³/mol. The lowest BCUT2D eigenvalue weighted by Gasteiger charge is -2.57. The lowest BCUT2D eigenvalue weighted by Crippen LogP contribution is -2.63. The highest BCUT2D eigenvalue weighted by Crippen LogP contribution is 2.47. The lowest BCUT2D eigenvalue weighted by molar-refractivity contribution is -0.0822. The zero-order chi connectivity index (χ0) is 11.1. The van der Waals surface area contributed by atoms with Gasteiger partial charge in [0.15, 0.2) is 0 Å². The van der Waals surface area contributed by atoms with Gasteiger partial charge >= 0.3 is 0 Å². The number of hydrogen-bond acceptors (Lipinski definition) is 2. The zero-order valence-corrected chi connectivity index (χ0v) is 10.2. The quantitative estimate of drug-likeness (QED) is 0.609. The SMILES string of the molecule is CC(C)(C)N1CC2(CCC(C#N)CC2)C1.